The summed E-state index contributed by atoms with van der Waals surface area (Å²) in [5.41, 5.74) is 7.02. The Hall–Kier alpha value is -4.67. The molecule has 2 amide bonds. The zero-order valence-corrected chi connectivity index (χ0v) is 16.1. The number of rotatable bonds is 4. The molecule has 5 aromatic rings. The van der Waals surface area contributed by atoms with Gasteiger partial charge in [0, 0.05) is 12.1 Å². The first-order chi connectivity index (χ1) is 15.4. The van der Waals surface area contributed by atoms with E-state index in [9.17, 15) is 18.4 Å². The van der Waals surface area contributed by atoms with Gasteiger partial charge in [-0.2, -0.15) is 0 Å². The Labute approximate surface area is 177 Å². The lowest BCUT2D eigenvalue weighted by Crippen LogP contribution is -2.17. The predicted molar refractivity (Wildman–Crippen MR) is 111 cm³/mol. The number of nitrogens with one attached hydrogen (secondary N) is 2. The van der Waals surface area contributed by atoms with E-state index < -0.39 is 23.4 Å². The Morgan fingerprint density at radius 1 is 1.03 bits per heavy atom. The van der Waals surface area contributed by atoms with Gasteiger partial charge in [-0.3, -0.25) is 19.3 Å². The molecule has 9 nitrogen and oxygen atoms in total. The van der Waals surface area contributed by atoms with Gasteiger partial charge in [0.15, 0.2) is 23.0 Å². The van der Waals surface area contributed by atoms with E-state index in [1.807, 2.05) is 30.3 Å². The van der Waals surface area contributed by atoms with Crippen molar-refractivity contribution in [3.05, 3.63) is 77.9 Å². The zero-order chi connectivity index (χ0) is 22.4. The van der Waals surface area contributed by atoms with Gasteiger partial charge in [0.2, 0.25) is 5.95 Å². The van der Waals surface area contributed by atoms with Crippen molar-refractivity contribution in [2.24, 2.45) is 5.73 Å². The summed E-state index contributed by atoms with van der Waals surface area (Å²) in [4.78, 5) is 39.7. The Balaban J connectivity index is 1.59. The number of nitrogens with two attached hydrogens (primary N) is 1. The minimum atomic E-state index is -1.05. The largest absolute Gasteiger partial charge is 0.364 e. The van der Waals surface area contributed by atoms with Crippen molar-refractivity contribution >= 4 is 34.4 Å². The number of H-pyrrole nitrogens is 1. The zero-order valence-electron chi connectivity index (χ0n) is 16.1. The number of benzene rings is 2. The van der Waals surface area contributed by atoms with E-state index in [0.717, 1.165) is 17.7 Å². The molecule has 3 aromatic heterocycles. The van der Waals surface area contributed by atoms with Crippen molar-refractivity contribution in [2.75, 3.05) is 5.32 Å². The number of fused-ring (bicyclic) bond motifs is 2. The summed E-state index contributed by atoms with van der Waals surface area (Å²) in [5.74, 6) is -3.58. The second-order valence-electron chi connectivity index (χ2n) is 6.87. The van der Waals surface area contributed by atoms with Gasteiger partial charge in [0.05, 0.1) is 16.7 Å². The highest BCUT2D eigenvalue weighted by atomic mass is 19.2. The molecule has 0 bridgehead atoms. The Bertz CT molecular complexity index is 1490. The van der Waals surface area contributed by atoms with Crippen molar-refractivity contribution in [1.82, 2.24) is 24.3 Å². The highest BCUT2D eigenvalue weighted by molar-refractivity contribution is 6.04. The number of amides is 2. The summed E-state index contributed by atoms with van der Waals surface area (Å²) >= 11 is 0. The third-order valence-electron chi connectivity index (χ3n) is 4.79. The van der Waals surface area contributed by atoms with Crippen molar-refractivity contribution in [2.45, 2.75) is 0 Å². The van der Waals surface area contributed by atoms with Crippen LogP contribution in [0.1, 0.15) is 21.0 Å². The van der Waals surface area contributed by atoms with Crippen LogP contribution in [0.3, 0.4) is 0 Å². The van der Waals surface area contributed by atoms with Crippen molar-refractivity contribution in [3.8, 4) is 11.3 Å². The number of anilines is 1. The van der Waals surface area contributed by atoms with Crippen LogP contribution in [0, 0.1) is 11.6 Å². The number of halogens is 2. The summed E-state index contributed by atoms with van der Waals surface area (Å²) < 4.78 is 28.4. The molecule has 0 saturated carbocycles. The molecule has 3 heterocycles. The Morgan fingerprint density at radius 2 is 1.78 bits per heavy atom. The smallest absolute Gasteiger partial charge is 0.276 e. The molecule has 0 saturated heterocycles. The van der Waals surface area contributed by atoms with Gasteiger partial charge in [-0.15, -0.1) is 0 Å². The summed E-state index contributed by atoms with van der Waals surface area (Å²) in [5, 5.41) is 2.51. The van der Waals surface area contributed by atoms with Gasteiger partial charge < -0.3 is 10.7 Å². The van der Waals surface area contributed by atoms with Crippen molar-refractivity contribution in [1.29, 1.82) is 0 Å². The second-order valence-corrected chi connectivity index (χ2v) is 6.87. The molecule has 158 valence electrons. The number of carbonyl (C=O) groups excluding carboxylic acids is 2. The van der Waals surface area contributed by atoms with E-state index in [-0.39, 0.29) is 34.0 Å². The molecule has 2 aromatic carbocycles. The van der Waals surface area contributed by atoms with E-state index in [4.69, 9.17) is 5.73 Å². The average molecular weight is 433 g/mol. The molecule has 0 radical (unpaired) electrons. The molecule has 5 rings (SSSR count). The molecule has 0 aliphatic rings. The molecule has 0 aliphatic carbocycles. The van der Waals surface area contributed by atoms with Gasteiger partial charge in [-0.05, 0) is 11.6 Å². The fourth-order valence-electron chi connectivity index (χ4n) is 3.33. The first-order valence-corrected chi connectivity index (χ1v) is 9.30. The SMILES string of the molecule is NC(=O)c1ncn2c(-c3ccccc3)cc(C(=O)Nc3nc4cc(F)c(F)cc4[nH]3)nc12. The van der Waals surface area contributed by atoms with E-state index >= 15 is 0 Å². The molecule has 0 atom stereocenters. The molecule has 0 unspecified atom stereocenters. The quantitative estimate of drug-likeness (QED) is 0.401. The maximum absolute atomic E-state index is 13.4. The normalized spacial score (nSPS) is 11.2. The Kier molecular flexibility index (Phi) is 4.36. The molecule has 32 heavy (non-hydrogen) atoms. The second kappa shape index (κ2) is 7.23. The van der Waals surface area contributed by atoms with Crippen LogP contribution >= 0.6 is 0 Å². The first kappa shape index (κ1) is 19.3. The van der Waals surface area contributed by atoms with E-state index in [1.165, 1.54) is 12.4 Å². The minimum Gasteiger partial charge on any atom is -0.364 e. The molecular formula is C21H13F2N7O2. The summed E-state index contributed by atoms with van der Waals surface area (Å²) in [6.45, 7) is 0. The lowest BCUT2D eigenvalue weighted by atomic mass is 10.1. The first-order valence-electron chi connectivity index (χ1n) is 9.30. The lowest BCUT2D eigenvalue weighted by Gasteiger charge is -2.09. The maximum atomic E-state index is 13.4. The molecule has 0 spiro atoms. The van der Waals surface area contributed by atoms with Crippen molar-refractivity contribution < 1.29 is 18.4 Å². The molecular weight excluding hydrogens is 420 g/mol. The van der Waals surface area contributed by atoms with Crippen LogP contribution in [-0.4, -0.2) is 36.2 Å². The summed E-state index contributed by atoms with van der Waals surface area (Å²) in [6, 6.07) is 12.5. The summed E-state index contributed by atoms with van der Waals surface area (Å²) in [7, 11) is 0. The van der Waals surface area contributed by atoms with Gasteiger partial charge in [-0.25, -0.2) is 23.7 Å². The average Bonchev–Trinajstić information content (AvgIpc) is 3.37. The number of primary amides is 1. The third kappa shape index (κ3) is 3.21. The summed E-state index contributed by atoms with van der Waals surface area (Å²) in [6.07, 6.45) is 1.40. The van der Waals surface area contributed by atoms with E-state index in [1.54, 1.807) is 4.40 Å². The number of hydrogen-bond acceptors (Lipinski definition) is 5. The number of imidazole rings is 2. The topological polar surface area (TPSA) is 131 Å². The minimum absolute atomic E-state index is 0.0263. The highest BCUT2D eigenvalue weighted by Crippen LogP contribution is 2.24. The van der Waals surface area contributed by atoms with E-state index in [2.05, 4.69) is 25.3 Å². The fraction of sp³-hybridized carbons (Fsp3) is 0. The van der Waals surface area contributed by atoms with Crippen LogP contribution in [0.5, 0.6) is 0 Å². The van der Waals surface area contributed by atoms with E-state index in [0.29, 0.717) is 5.69 Å². The highest BCUT2D eigenvalue weighted by Gasteiger charge is 2.20. The van der Waals surface area contributed by atoms with Gasteiger partial charge >= 0.3 is 0 Å². The lowest BCUT2D eigenvalue weighted by molar-refractivity contribution is 0.0993. The van der Waals surface area contributed by atoms with Gasteiger partial charge in [0.1, 0.15) is 12.0 Å². The van der Waals surface area contributed by atoms with Crippen LogP contribution in [0.25, 0.3) is 27.9 Å². The number of nitrogens with zero attached hydrogens (tertiary/aromatic N) is 4. The maximum Gasteiger partial charge on any atom is 0.276 e. The molecule has 0 aliphatic heterocycles. The van der Waals surface area contributed by atoms with Crippen LogP contribution in [0.4, 0.5) is 14.7 Å². The predicted octanol–water partition coefficient (Wildman–Crippen LogP) is 2.90. The van der Waals surface area contributed by atoms with Crippen LogP contribution in [-0.2, 0) is 0 Å². The Morgan fingerprint density at radius 3 is 2.53 bits per heavy atom. The number of carbonyl (C=O) groups is 2. The van der Waals surface area contributed by atoms with Gasteiger partial charge in [-0.1, -0.05) is 30.3 Å². The van der Waals surface area contributed by atoms with Crippen LogP contribution < -0.4 is 11.1 Å². The number of aromatic nitrogens is 5. The monoisotopic (exact) mass is 433 g/mol. The number of hydrogen-bond donors (Lipinski definition) is 3. The standard InChI is InChI=1S/C21H13F2N7O2/c22-11-6-13-14(7-12(11)23)28-21(27-13)29-20(32)15-8-16(10-4-2-1-3-5-10)30-9-25-17(18(24)31)19(30)26-15/h1-9H,(H2,24,31)(H2,27,28,29,32). The number of aromatic amines is 1. The molecule has 0 fully saturated rings. The van der Waals surface area contributed by atoms with Crippen LogP contribution in [0.2, 0.25) is 0 Å². The fourth-order valence-corrected chi connectivity index (χ4v) is 3.33. The van der Waals surface area contributed by atoms with Crippen molar-refractivity contribution in [3.63, 3.8) is 0 Å². The molecule has 4 N–H and O–H groups in total. The molecule has 11 heteroatoms. The third-order valence-corrected chi connectivity index (χ3v) is 4.79. The van der Waals surface area contributed by atoms with Gasteiger partial charge in [0.25, 0.3) is 11.8 Å². The van der Waals surface area contributed by atoms with Crippen LogP contribution in [0.15, 0.2) is 54.9 Å².